The molecule has 16 N–H and O–H groups in total. The van der Waals surface area contributed by atoms with E-state index in [9.17, 15) is 86.5 Å². The number of aliphatic hydroxyl groups is 15. The fraction of sp³-hybridized carbons (Fsp3) is 0.955. The number of ether oxygens (including phenoxy) is 14. The first-order chi connectivity index (χ1) is 46.0. The lowest BCUT2D eigenvalue weighted by atomic mass is 9.33. The van der Waals surface area contributed by atoms with Crippen LogP contribution in [0.1, 0.15) is 127 Å². The molecule has 12 rings (SSSR count). The van der Waals surface area contributed by atoms with Crippen molar-refractivity contribution in [3.63, 3.8) is 0 Å². The van der Waals surface area contributed by atoms with Gasteiger partial charge in [-0.3, -0.25) is 4.79 Å². The largest absolute Gasteiger partial charge is 0.481 e. The molecule has 31 nitrogen and oxygen atoms in total. The number of carboxylic acids is 1. The van der Waals surface area contributed by atoms with Crippen LogP contribution in [0.2, 0.25) is 0 Å². The summed E-state index contributed by atoms with van der Waals surface area (Å²) in [5.41, 5.74) is -0.195. The smallest absolute Gasteiger partial charge is 0.310 e. The summed E-state index contributed by atoms with van der Waals surface area (Å²) < 4.78 is 82.7. The van der Waals surface area contributed by atoms with E-state index in [1.54, 1.807) is 0 Å². The molecule has 0 aromatic heterocycles. The molecule has 5 aliphatic carbocycles. The quantitative estimate of drug-likeness (QED) is 0.0584. The summed E-state index contributed by atoms with van der Waals surface area (Å²) in [7, 11) is 0. The molecule has 4 saturated carbocycles. The van der Waals surface area contributed by atoms with Gasteiger partial charge in [0.25, 0.3) is 0 Å². The maximum Gasteiger partial charge on any atom is 0.310 e. The Balaban J connectivity index is 0.658. The van der Waals surface area contributed by atoms with E-state index in [-0.39, 0.29) is 40.1 Å². The summed E-state index contributed by atoms with van der Waals surface area (Å²) in [4.78, 5) is 13.3. The van der Waals surface area contributed by atoms with E-state index in [2.05, 4.69) is 54.5 Å². The van der Waals surface area contributed by atoms with E-state index in [0.29, 0.717) is 25.2 Å². The zero-order valence-electron chi connectivity index (χ0n) is 57.1. The Morgan fingerprint density at radius 2 is 0.918 bits per heavy atom. The first-order valence-electron chi connectivity index (χ1n) is 35.1. The van der Waals surface area contributed by atoms with Gasteiger partial charge in [-0.15, -0.1) is 0 Å². The van der Waals surface area contributed by atoms with Gasteiger partial charge >= 0.3 is 5.97 Å². The van der Waals surface area contributed by atoms with Crippen LogP contribution in [0, 0.1) is 50.2 Å². The van der Waals surface area contributed by atoms with Crippen LogP contribution in [0.25, 0.3) is 0 Å². The third kappa shape index (κ3) is 13.2. The maximum absolute atomic E-state index is 13.3. The van der Waals surface area contributed by atoms with Gasteiger partial charge in [-0.25, -0.2) is 0 Å². The SMILES string of the molecule is C[C@@H]1O[C@@H](O[C@H]2[C@H](O[C@H]3CC[C@]4(C)[C@H]5CC=C6[C@@H]7CC(C)(C)CC[C@]7(C(=O)O)CC[C@@]6(C)[C@]5(C)CC[C@H]4C3(C)C)OC[C@H](O)[C@@H]2O)[C@H](O)[C@H](O[C@@H]2OC[C@@H](O)[C@H](O[C@@H]3O[C@@H](C)[C@H](O[C@@H]4OC[C@@H](O)[C@H](O[C@@H]5OC[C@@H](O[C@@H]6OC[C@@H](O)[C@H](O)[C@H]6O)[C@H](O)[C@H]5O)[C@H]4O)[C@@H](O)[C@H]3O)[C@H]2O)[C@H]1O. The van der Waals surface area contributed by atoms with Crippen LogP contribution in [-0.4, -0.2) is 311 Å². The highest BCUT2D eigenvalue weighted by molar-refractivity contribution is 5.76. The lowest BCUT2D eigenvalue weighted by Gasteiger charge is -2.71. The number of allylic oxidation sites excluding steroid dienone is 2. The molecule has 7 heterocycles. The highest BCUT2D eigenvalue weighted by atomic mass is 16.8. The number of fused-ring (bicyclic) bond motifs is 7. The van der Waals surface area contributed by atoms with Gasteiger partial charge in [0.1, 0.15) is 128 Å². The fourth-order valence-corrected chi connectivity index (χ4v) is 19.6. The fourth-order valence-electron chi connectivity index (χ4n) is 19.6. The van der Waals surface area contributed by atoms with Crippen molar-refractivity contribution in [1.82, 2.24) is 0 Å². The average molecular weight is 1410 g/mol. The first kappa shape index (κ1) is 75.7. The Kier molecular flexibility index (Phi) is 21.9. The van der Waals surface area contributed by atoms with Crippen LogP contribution < -0.4 is 0 Å². The predicted octanol–water partition coefficient (Wildman–Crippen LogP) is -2.75. The lowest BCUT2D eigenvalue weighted by molar-refractivity contribution is -0.387. The Morgan fingerprint density at radius 1 is 0.429 bits per heavy atom. The molecule has 0 bridgehead atoms. The third-order valence-electron chi connectivity index (χ3n) is 25.8. The summed E-state index contributed by atoms with van der Waals surface area (Å²) in [6.45, 7) is 16.8. The molecule has 38 atom stereocenters. The van der Waals surface area contributed by atoms with Crippen molar-refractivity contribution in [3.05, 3.63) is 11.6 Å². The second-order valence-electron chi connectivity index (χ2n) is 32.4. The number of aliphatic carboxylic acids is 1. The van der Waals surface area contributed by atoms with Crippen molar-refractivity contribution in [1.29, 1.82) is 0 Å². The van der Waals surface area contributed by atoms with Gasteiger partial charge in [0, 0.05) is 0 Å². The van der Waals surface area contributed by atoms with Crippen LogP contribution in [-0.2, 0) is 71.1 Å². The Hall–Kier alpha value is -1.95. The van der Waals surface area contributed by atoms with E-state index in [1.165, 1.54) is 19.4 Å². The van der Waals surface area contributed by atoms with E-state index >= 15 is 0 Å². The number of hydrogen-bond donors (Lipinski definition) is 16. The lowest BCUT2D eigenvalue weighted by Crippen LogP contribution is -2.66. The maximum atomic E-state index is 13.3. The first-order valence-corrected chi connectivity index (χ1v) is 35.1. The second kappa shape index (κ2) is 28.4. The summed E-state index contributed by atoms with van der Waals surface area (Å²) >= 11 is 0. The van der Waals surface area contributed by atoms with Crippen molar-refractivity contribution >= 4 is 5.97 Å². The van der Waals surface area contributed by atoms with Gasteiger partial charge in [-0.1, -0.05) is 60.1 Å². The molecule has 0 radical (unpaired) electrons. The van der Waals surface area contributed by atoms with Crippen molar-refractivity contribution in [2.45, 2.75) is 317 Å². The van der Waals surface area contributed by atoms with Gasteiger partial charge in [0.2, 0.25) is 0 Å². The number of carbonyl (C=O) groups is 1. The minimum Gasteiger partial charge on any atom is -0.481 e. The van der Waals surface area contributed by atoms with Gasteiger partial charge < -0.3 is 148 Å². The van der Waals surface area contributed by atoms with Gasteiger partial charge in [0.15, 0.2) is 44.0 Å². The van der Waals surface area contributed by atoms with Crippen molar-refractivity contribution < 1.29 is 153 Å². The van der Waals surface area contributed by atoms with Crippen molar-refractivity contribution in [3.8, 4) is 0 Å². The standard InChI is InChI=1S/C67H108O31/c1-26-38(72)52(97-57-47(81)51(33(71)24-87-57)96-58-45(79)42(76)49(27(2)91-58)94-56-46(80)50(32(70)23-86-56)95-55-44(78)41(75)34(25-89-55)92-54-43(77)39(73)30(68)21-85-54)48(82)59(90-26)98-53-40(74)31(69)22-88-60(53)93-37-13-14-64(7)35(63(37,5)6)12-15-66(9)36(64)11-10-28-29-20-62(3,4)16-18-67(29,61(83)84)19-17-65(28,66)8/h10,26-27,29-60,68-82H,11-25H2,1-9H3,(H,83,84)/t26-,27-,29-,30+,31-,32+,33+,34+,35-,36+,37-,38-,39-,40-,41-,42-,43+,44+,45+,46+,47+,48+,49-,50-,51-,52+,53+,54-,55-,56-,57-,58-,59-,60-,64-,65+,66+,67-/m0/s1. The Labute approximate surface area is 569 Å². The highest BCUT2D eigenvalue weighted by Gasteiger charge is 2.70. The normalized spacial score (nSPS) is 55.0. The van der Waals surface area contributed by atoms with E-state index < -0.39 is 234 Å². The van der Waals surface area contributed by atoms with Crippen LogP contribution in [0.15, 0.2) is 11.6 Å². The Bertz CT molecular complexity index is 2790. The molecular formula is C67H108O31. The predicted molar refractivity (Wildman–Crippen MR) is 328 cm³/mol. The summed E-state index contributed by atoms with van der Waals surface area (Å²) in [5.74, 6) is -0.191. The minimum absolute atomic E-state index is 0.0105. The molecule has 7 saturated heterocycles. The molecule has 7 aliphatic heterocycles. The van der Waals surface area contributed by atoms with E-state index in [1.807, 2.05) is 0 Å². The van der Waals surface area contributed by atoms with Gasteiger partial charge in [-0.2, -0.15) is 0 Å². The molecule has 562 valence electrons. The number of carboxylic acid groups (broad SMARTS) is 1. The second-order valence-corrected chi connectivity index (χ2v) is 32.4. The average Bonchev–Trinajstić information content (AvgIpc) is 0.676. The molecule has 11 fully saturated rings. The topological polar surface area (TPSA) is 470 Å². The zero-order chi connectivity index (χ0) is 71.0. The van der Waals surface area contributed by atoms with E-state index in [0.717, 1.165) is 44.9 Å². The van der Waals surface area contributed by atoms with E-state index in [4.69, 9.17) is 66.3 Å². The zero-order valence-corrected chi connectivity index (χ0v) is 57.1. The highest BCUT2D eigenvalue weighted by Crippen LogP contribution is 2.76. The third-order valence-corrected chi connectivity index (χ3v) is 25.8. The minimum atomic E-state index is -2.00. The molecule has 0 aromatic carbocycles. The number of hydrogen-bond acceptors (Lipinski definition) is 30. The molecule has 31 heteroatoms. The number of aliphatic hydroxyl groups excluding tert-OH is 15. The molecule has 0 amide bonds. The summed E-state index contributed by atoms with van der Waals surface area (Å²) in [6.07, 6.45) is -39.0. The molecule has 12 aliphatic rings. The summed E-state index contributed by atoms with van der Waals surface area (Å²) in [6, 6.07) is 0. The van der Waals surface area contributed by atoms with Crippen LogP contribution >= 0.6 is 0 Å². The van der Waals surface area contributed by atoms with Crippen LogP contribution in [0.4, 0.5) is 0 Å². The monoisotopic (exact) mass is 1410 g/mol. The summed E-state index contributed by atoms with van der Waals surface area (Å²) in [5, 5.41) is 177. The Morgan fingerprint density at radius 3 is 1.56 bits per heavy atom. The molecule has 0 spiro atoms. The molecule has 0 aromatic rings. The molecule has 98 heavy (non-hydrogen) atoms. The van der Waals surface area contributed by atoms with Crippen LogP contribution in [0.5, 0.6) is 0 Å². The van der Waals surface area contributed by atoms with Crippen LogP contribution in [0.3, 0.4) is 0 Å². The van der Waals surface area contributed by atoms with Crippen molar-refractivity contribution in [2.75, 3.05) is 33.0 Å². The van der Waals surface area contributed by atoms with Gasteiger partial charge in [0.05, 0.1) is 56.8 Å². The van der Waals surface area contributed by atoms with Gasteiger partial charge in [-0.05, 0) is 123 Å². The number of rotatable bonds is 15. The van der Waals surface area contributed by atoms with Crippen molar-refractivity contribution in [2.24, 2.45) is 50.2 Å². The molecule has 0 unspecified atom stereocenters. The molecular weight excluding hydrogens is 1300 g/mol.